The molecule has 5 heteroatoms. The summed E-state index contributed by atoms with van der Waals surface area (Å²) in [6.45, 7) is 2.51. The van der Waals surface area contributed by atoms with E-state index in [4.69, 9.17) is 10.5 Å². The van der Waals surface area contributed by atoms with Gasteiger partial charge in [0.15, 0.2) is 0 Å². The average Bonchev–Trinajstić information content (AvgIpc) is 2.38. The number of hydrogen-bond donors (Lipinski definition) is 2. The number of methoxy groups -OCH3 is 1. The van der Waals surface area contributed by atoms with Crippen LogP contribution in [-0.2, 0) is 6.54 Å². The smallest absolute Gasteiger partial charge is 0.143 e. The maximum absolute atomic E-state index is 5.75. The Morgan fingerprint density at radius 1 is 1.33 bits per heavy atom. The van der Waals surface area contributed by atoms with Gasteiger partial charge < -0.3 is 15.8 Å². The molecule has 18 heavy (non-hydrogen) atoms. The Morgan fingerprint density at radius 2 is 2.17 bits per heavy atom. The molecule has 2 rings (SSSR count). The van der Waals surface area contributed by atoms with Gasteiger partial charge in [-0.05, 0) is 25.1 Å². The lowest BCUT2D eigenvalue weighted by Gasteiger charge is -2.09. The summed E-state index contributed by atoms with van der Waals surface area (Å²) in [6.07, 6.45) is 1.75. The highest BCUT2D eigenvalue weighted by molar-refractivity contribution is 5.61. The van der Waals surface area contributed by atoms with Crippen LogP contribution in [0.2, 0.25) is 0 Å². The molecular formula is C13H16N4O. The molecule has 0 aliphatic rings. The second-order valence-corrected chi connectivity index (χ2v) is 3.91. The summed E-state index contributed by atoms with van der Waals surface area (Å²) in [7, 11) is 1.60. The highest BCUT2D eigenvalue weighted by Crippen LogP contribution is 2.25. The Bertz CT molecular complexity index is 542. The molecule has 0 unspecified atom stereocenters. The van der Waals surface area contributed by atoms with Crippen molar-refractivity contribution >= 4 is 11.4 Å². The van der Waals surface area contributed by atoms with Crippen LogP contribution in [0, 0.1) is 6.92 Å². The first-order chi connectivity index (χ1) is 8.69. The van der Waals surface area contributed by atoms with Crippen molar-refractivity contribution in [3.63, 3.8) is 0 Å². The van der Waals surface area contributed by atoms with E-state index in [1.165, 1.54) is 0 Å². The zero-order valence-corrected chi connectivity index (χ0v) is 10.5. The van der Waals surface area contributed by atoms with Gasteiger partial charge in [-0.15, -0.1) is 0 Å². The molecular weight excluding hydrogens is 228 g/mol. The lowest BCUT2D eigenvalue weighted by atomic mass is 10.2. The fourth-order valence-corrected chi connectivity index (χ4v) is 1.62. The van der Waals surface area contributed by atoms with Gasteiger partial charge in [0.1, 0.15) is 11.6 Å². The van der Waals surface area contributed by atoms with Crippen molar-refractivity contribution in [2.24, 2.45) is 0 Å². The number of ether oxygens (including phenoxy) is 1. The van der Waals surface area contributed by atoms with Crippen molar-refractivity contribution < 1.29 is 4.74 Å². The number of nitrogens with zero attached hydrogens (tertiary/aromatic N) is 2. The van der Waals surface area contributed by atoms with Crippen LogP contribution in [-0.4, -0.2) is 17.1 Å². The number of aromatic nitrogens is 2. The van der Waals surface area contributed by atoms with Gasteiger partial charge in [0.05, 0.1) is 25.0 Å². The third-order valence-electron chi connectivity index (χ3n) is 2.54. The molecule has 0 bridgehead atoms. The van der Waals surface area contributed by atoms with E-state index in [0.29, 0.717) is 18.0 Å². The molecule has 0 saturated carbocycles. The second kappa shape index (κ2) is 5.35. The number of nitrogen functional groups attached to an aromatic ring is 1. The van der Waals surface area contributed by atoms with Crippen molar-refractivity contribution in [1.82, 2.24) is 9.97 Å². The predicted octanol–water partition coefficient (Wildman–Crippen LogP) is 1.99. The van der Waals surface area contributed by atoms with Gasteiger partial charge in [-0.3, -0.25) is 0 Å². The molecule has 0 aliphatic heterocycles. The largest absolute Gasteiger partial charge is 0.495 e. The van der Waals surface area contributed by atoms with E-state index in [0.717, 1.165) is 17.2 Å². The molecule has 0 saturated heterocycles. The summed E-state index contributed by atoms with van der Waals surface area (Å²) in [5, 5.41) is 3.26. The number of nitrogens with one attached hydrogen (secondary N) is 1. The van der Waals surface area contributed by atoms with Crippen LogP contribution in [0.25, 0.3) is 0 Å². The first kappa shape index (κ1) is 12.2. The summed E-state index contributed by atoms with van der Waals surface area (Å²) in [5.74, 6) is 1.43. The molecule has 1 aromatic heterocycles. The second-order valence-electron chi connectivity index (χ2n) is 3.91. The number of nitrogens with two attached hydrogens (primary N) is 1. The summed E-state index contributed by atoms with van der Waals surface area (Å²) in [5.41, 5.74) is 8.26. The van der Waals surface area contributed by atoms with Crippen LogP contribution in [0.5, 0.6) is 5.75 Å². The van der Waals surface area contributed by atoms with E-state index in [1.54, 1.807) is 13.3 Å². The van der Waals surface area contributed by atoms with Crippen LogP contribution in [0.3, 0.4) is 0 Å². The number of rotatable bonds is 4. The van der Waals surface area contributed by atoms with Crippen molar-refractivity contribution in [3.8, 4) is 5.75 Å². The Balaban J connectivity index is 2.06. The first-order valence-electron chi connectivity index (χ1n) is 5.65. The minimum Gasteiger partial charge on any atom is -0.495 e. The molecule has 0 fully saturated rings. The molecule has 3 N–H and O–H groups in total. The quantitative estimate of drug-likeness (QED) is 0.805. The fourth-order valence-electron chi connectivity index (χ4n) is 1.62. The van der Waals surface area contributed by atoms with Crippen molar-refractivity contribution in [1.29, 1.82) is 0 Å². The molecule has 1 aromatic carbocycles. The number of hydrogen-bond acceptors (Lipinski definition) is 5. The topological polar surface area (TPSA) is 73.1 Å². The Kier molecular flexibility index (Phi) is 3.62. The third kappa shape index (κ3) is 2.88. The number of benzene rings is 1. The van der Waals surface area contributed by atoms with E-state index in [1.807, 2.05) is 31.2 Å². The van der Waals surface area contributed by atoms with E-state index < -0.39 is 0 Å². The van der Waals surface area contributed by atoms with Gasteiger partial charge >= 0.3 is 0 Å². The van der Waals surface area contributed by atoms with Crippen LogP contribution >= 0.6 is 0 Å². The van der Waals surface area contributed by atoms with Crippen molar-refractivity contribution in [2.45, 2.75) is 13.5 Å². The zero-order chi connectivity index (χ0) is 13.0. The van der Waals surface area contributed by atoms with Crippen LogP contribution in [0.1, 0.15) is 11.5 Å². The van der Waals surface area contributed by atoms with Gasteiger partial charge in [0.2, 0.25) is 0 Å². The van der Waals surface area contributed by atoms with E-state index in [9.17, 15) is 0 Å². The zero-order valence-electron chi connectivity index (χ0n) is 10.5. The molecule has 0 atom stereocenters. The lowest BCUT2D eigenvalue weighted by molar-refractivity contribution is 0.417. The molecule has 2 aromatic rings. The summed E-state index contributed by atoms with van der Waals surface area (Å²) < 4.78 is 5.17. The van der Waals surface area contributed by atoms with Crippen molar-refractivity contribution in [3.05, 3.63) is 42.0 Å². The third-order valence-corrected chi connectivity index (χ3v) is 2.54. The summed E-state index contributed by atoms with van der Waals surface area (Å²) >= 11 is 0. The minimum atomic E-state index is 0.626. The van der Waals surface area contributed by atoms with Crippen LogP contribution < -0.4 is 15.8 Å². The molecule has 5 nitrogen and oxygen atoms in total. The maximum Gasteiger partial charge on any atom is 0.143 e. The highest BCUT2D eigenvalue weighted by Gasteiger charge is 2.01. The fraction of sp³-hybridized carbons (Fsp3) is 0.231. The van der Waals surface area contributed by atoms with Crippen LogP contribution in [0.15, 0.2) is 30.5 Å². The molecule has 0 amide bonds. The van der Waals surface area contributed by atoms with Gasteiger partial charge in [-0.25, -0.2) is 9.97 Å². The van der Waals surface area contributed by atoms with E-state index in [-0.39, 0.29) is 0 Å². The molecule has 94 valence electrons. The molecule has 0 radical (unpaired) electrons. The van der Waals surface area contributed by atoms with Gasteiger partial charge in [-0.1, -0.05) is 0 Å². The van der Waals surface area contributed by atoms with Crippen molar-refractivity contribution in [2.75, 3.05) is 18.2 Å². The average molecular weight is 244 g/mol. The minimum absolute atomic E-state index is 0.626. The monoisotopic (exact) mass is 244 g/mol. The summed E-state index contributed by atoms with van der Waals surface area (Å²) in [6, 6.07) is 7.47. The first-order valence-corrected chi connectivity index (χ1v) is 5.65. The molecule has 0 spiro atoms. The lowest BCUT2D eigenvalue weighted by Crippen LogP contribution is -2.03. The Labute approximate surface area is 106 Å². The van der Waals surface area contributed by atoms with E-state index >= 15 is 0 Å². The summed E-state index contributed by atoms with van der Waals surface area (Å²) in [4.78, 5) is 8.38. The Hall–Kier alpha value is -2.30. The Morgan fingerprint density at radius 3 is 2.89 bits per heavy atom. The van der Waals surface area contributed by atoms with Gasteiger partial charge in [0.25, 0.3) is 0 Å². The van der Waals surface area contributed by atoms with Gasteiger partial charge in [0, 0.05) is 18.0 Å². The standard InChI is InChI=1S/C13H16N4O/c1-9-15-6-5-11(17-9)8-16-10-3-4-12(14)13(7-10)18-2/h3-7,16H,8,14H2,1-2H3. The van der Waals surface area contributed by atoms with E-state index in [2.05, 4.69) is 15.3 Å². The highest BCUT2D eigenvalue weighted by atomic mass is 16.5. The normalized spacial score (nSPS) is 10.1. The SMILES string of the molecule is COc1cc(NCc2ccnc(C)n2)ccc1N. The molecule has 0 aliphatic carbocycles. The molecule has 1 heterocycles. The number of anilines is 2. The van der Waals surface area contributed by atoms with Crippen LogP contribution in [0.4, 0.5) is 11.4 Å². The predicted molar refractivity (Wildman–Crippen MR) is 71.5 cm³/mol. The number of aryl methyl sites for hydroxylation is 1. The van der Waals surface area contributed by atoms with Gasteiger partial charge in [-0.2, -0.15) is 0 Å². The maximum atomic E-state index is 5.75.